The molecule has 4 fully saturated rings. The van der Waals surface area contributed by atoms with Crippen molar-refractivity contribution in [2.45, 2.75) is 91.2 Å². The van der Waals surface area contributed by atoms with Gasteiger partial charge < -0.3 is 23.7 Å². The van der Waals surface area contributed by atoms with E-state index < -0.39 is 54.7 Å². The van der Waals surface area contributed by atoms with Crippen LogP contribution in [0.3, 0.4) is 0 Å². The molecule has 6 atom stereocenters. The minimum atomic E-state index is -1.08. The summed E-state index contributed by atoms with van der Waals surface area (Å²) in [7, 11) is 0. The van der Waals surface area contributed by atoms with E-state index in [4.69, 9.17) is 23.7 Å². The highest BCUT2D eigenvalue weighted by molar-refractivity contribution is 5.92. The van der Waals surface area contributed by atoms with E-state index in [9.17, 15) is 14.4 Å². The molecule has 32 heavy (non-hydrogen) atoms. The summed E-state index contributed by atoms with van der Waals surface area (Å²) in [6, 6.07) is 0. The van der Waals surface area contributed by atoms with Gasteiger partial charge in [-0.3, -0.25) is 9.59 Å². The highest BCUT2D eigenvalue weighted by atomic mass is 16.8. The standard InChI is InChI=1S/C24H32O8/c1-5-7-16(26)29-19-18-17-15(10-9-14-8-6-11-24(3,4)12-14)20(27)30-21(17)31-22(18)32-23(19)28-13(2)25/h9-10,17-19,21-23H,5-8,11-12H2,1-4H3/b14-9-,15-10-/t17-,18-,19-,21+,22+,23-/m0/s1. The zero-order valence-electron chi connectivity index (χ0n) is 19.1. The van der Waals surface area contributed by atoms with Gasteiger partial charge in [-0.15, -0.1) is 0 Å². The van der Waals surface area contributed by atoms with Crippen molar-refractivity contribution in [2.24, 2.45) is 17.3 Å². The number of esters is 3. The van der Waals surface area contributed by atoms with Gasteiger partial charge in [0, 0.05) is 18.9 Å². The molecule has 4 aliphatic rings. The molecule has 176 valence electrons. The first-order chi connectivity index (χ1) is 15.2. The maximum absolute atomic E-state index is 12.6. The predicted molar refractivity (Wildman–Crippen MR) is 112 cm³/mol. The summed E-state index contributed by atoms with van der Waals surface area (Å²) in [4.78, 5) is 36.5. The second-order valence-corrected chi connectivity index (χ2v) is 9.84. The van der Waals surface area contributed by atoms with Gasteiger partial charge in [0.15, 0.2) is 12.4 Å². The average Bonchev–Trinajstić information content (AvgIpc) is 3.27. The van der Waals surface area contributed by atoms with Crippen LogP contribution < -0.4 is 0 Å². The van der Waals surface area contributed by atoms with Crippen molar-refractivity contribution >= 4 is 17.9 Å². The van der Waals surface area contributed by atoms with E-state index in [1.165, 1.54) is 18.9 Å². The van der Waals surface area contributed by atoms with Gasteiger partial charge in [0.1, 0.15) is 0 Å². The van der Waals surface area contributed by atoms with Crippen LogP contribution in [0.5, 0.6) is 0 Å². The molecule has 0 bridgehead atoms. The van der Waals surface area contributed by atoms with E-state index in [0.717, 1.165) is 19.3 Å². The molecule has 0 aromatic rings. The first-order valence-corrected chi connectivity index (χ1v) is 11.5. The summed E-state index contributed by atoms with van der Waals surface area (Å²) in [6.45, 7) is 7.64. The van der Waals surface area contributed by atoms with Gasteiger partial charge in [-0.2, -0.15) is 0 Å². The molecule has 3 saturated heterocycles. The number of hydrogen-bond donors (Lipinski definition) is 0. The van der Waals surface area contributed by atoms with Crippen LogP contribution in [-0.4, -0.2) is 42.9 Å². The fourth-order valence-corrected chi connectivity index (χ4v) is 5.22. The third kappa shape index (κ3) is 4.62. The smallest absolute Gasteiger partial charge is 0.336 e. The zero-order valence-corrected chi connectivity index (χ0v) is 19.1. The lowest BCUT2D eigenvalue weighted by molar-refractivity contribution is -0.244. The molecule has 8 heteroatoms. The Morgan fingerprint density at radius 1 is 1.16 bits per heavy atom. The Morgan fingerprint density at radius 3 is 2.62 bits per heavy atom. The molecule has 8 nitrogen and oxygen atoms in total. The summed E-state index contributed by atoms with van der Waals surface area (Å²) in [5, 5.41) is 0. The van der Waals surface area contributed by atoms with Crippen molar-refractivity contribution in [1.29, 1.82) is 0 Å². The summed E-state index contributed by atoms with van der Waals surface area (Å²) in [5.74, 6) is -2.39. The van der Waals surface area contributed by atoms with Crippen molar-refractivity contribution in [2.75, 3.05) is 0 Å². The number of carbonyl (C=O) groups is 3. The van der Waals surface area contributed by atoms with Gasteiger partial charge in [-0.25, -0.2) is 4.79 Å². The van der Waals surface area contributed by atoms with E-state index in [2.05, 4.69) is 13.8 Å². The maximum atomic E-state index is 12.6. The van der Waals surface area contributed by atoms with Crippen LogP contribution in [0.4, 0.5) is 0 Å². The summed E-state index contributed by atoms with van der Waals surface area (Å²) < 4.78 is 27.9. The lowest BCUT2D eigenvalue weighted by atomic mass is 9.75. The molecule has 0 radical (unpaired) electrons. The lowest BCUT2D eigenvalue weighted by Crippen LogP contribution is -2.38. The van der Waals surface area contributed by atoms with Crippen LogP contribution in [0.15, 0.2) is 23.3 Å². The van der Waals surface area contributed by atoms with Crippen molar-refractivity contribution < 1.29 is 38.1 Å². The van der Waals surface area contributed by atoms with Crippen LogP contribution >= 0.6 is 0 Å². The highest BCUT2D eigenvalue weighted by Crippen LogP contribution is 2.51. The predicted octanol–water partition coefficient (Wildman–Crippen LogP) is 3.54. The number of ether oxygens (including phenoxy) is 5. The minimum absolute atomic E-state index is 0.232. The van der Waals surface area contributed by atoms with E-state index in [-0.39, 0.29) is 11.8 Å². The normalized spacial score (nSPS) is 37.8. The summed E-state index contributed by atoms with van der Waals surface area (Å²) >= 11 is 0. The van der Waals surface area contributed by atoms with Gasteiger partial charge in [0.05, 0.1) is 11.8 Å². The van der Waals surface area contributed by atoms with Crippen LogP contribution in [0.1, 0.15) is 66.2 Å². The van der Waals surface area contributed by atoms with Crippen LogP contribution in [-0.2, 0) is 38.1 Å². The van der Waals surface area contributed by atoms with Gasteiger partial charge in [0.25, 0.3) is 0 Å². The molecule has 0 spiro atoms. The Kier molecular flexibility index (Phi) is 6.45. The average molecular weight is 449 g/mol. The van der Waals surface area contributed by atoms with Gasteiger partial charge in [-0.1, -0.05) is 38.5 Å². The quantitative estimate of drug-likeness (QED) is 0.358. The second kappa shape index (κ2) is 8.98. The van der Waals surface area contributed by atoms with E-state index in [1.807, 2.05) is 19.1 Å². The highest BCUT2D eigenvalue weighted by Gasteiger charge is 2.64. The number of carbonyl (C=O) groups excluding carboxylic acids is 3. The molecule has 0 aromatic heterocycles. The Bertz CT molecular complexity index is 841. The first-order valence-electron chi connectivity index (χ1n) is 11.5. The number of fused-ring (bicyclic) bond motifs is 3. The van der Waals surface area contributed by atoms with Gasteiger partial charge in [-0.05, 0) is 37.5 Å². The van der Waals surface area contributed by atoms with Crippen molar-refractivity contribution in [3.05, 3.63) is 23.3 Å². The molecule has 1 aliphatic carbocycles. The minimum Gasteiger partial charge on any atom is -0.455 e. The molecule has 1 saturated carbocycles. The van der Waals surface area contributed by atoms with Crippen LogP contribution in [0.2, 0.25) is 0 Å². The van der Waals surface area contributed by atoms with Gasteiger partial charge in [0.2, 0.25) is 12.6 Å². The third-order valence-corrected chi connectivity index (χ3v) is 6.58. The van der Waals surface area contributed by atoms with Gasteiger partial charge >= 0.3 is 17.9 Å². The molecular weight excluding hydrogens is 416 g/mol. The topological polar surface area (TPSA) is 97.4 Å². The first kappa shape index (κ1) is 23.0. The molecule has 3 heterocycles. The molecule has 0 N–H and O–H groups in total. The Morgan fingerprint density at radius 2 is 1.94 bits per heavy atom. The second-order valence-electron chi connectivity index (χ2n) is 9.84. The molecule has 3 aliphatic heterocycles. The van der Waals surface area contributed by atoms with E-state index in [1.54, 1.807) is 0 Å². The molecular formula is C24H32O8. The van der Waals surface area contributed by atoms with Crippen LogP contribution in [0.25, 0.3) is 0 Å². The van der Waals surface area contributed by atoms with E-state index in [0.29, 0.717) is 12.0 Å². The number of allylic oxidation sites excluding steroid dienone is 3. The summed E-state index contributed by atoms with van der Waals surface area (Å²) in [6.07, 6.45) is 5.42. The monoisotopic (exact) mass is 448 g/mol. The fraction of sp³-hybridized carbons (Fsp3) is 0.708. The molecule has 0 unspecified atom stereocenters. The Balaban J connectivity index is 1.60. The van der Waals surface area contributed by atoms with Crippen LogP contribution in [0, 0.1) is 17.3 Å². The lowest BCUT2D eigenvalue weighted by Gasteiger charge is -2.31. The molecule has 0 aromatic carbocycles. The number of hydrogen-bond acceptors (Lipinski definition) is 8. The van der Waals surface area contributed by atoms with E-state index >= 15 is 0 Å². The fourth-order valence-electron chi connectivity index (χ4n) is 5.22. The zero-order chi connectivity index (χ0) is 23.0. The Labute approximate surface area is 188 Å². The largest absolute Gasteiger partial charge is 0.455 e. The SMILES string of the molecule is CCCC(=O)O[C@@H]1[C@@H](OC(C)=O)O[C@H]2O[C@H]3OC(=O)/C(=C\C=C4\CCCC(C)(C)C4)[C@H]3[C@H]21. The molecule has 4 rings (SSSR count). The van der Waals surface area contributed by atoms with Crippen molar-refractivity contribution in [1.82, 2.24) is 0 Å². The maximum Gasteiger partial charge on any atom is 0.336 e. The summed E-state index contributed by atoms with van der Waals surface area (Å²) in [5.41, 5.74) is 2.02. The number of rotatable bonds is 5. The van der Waals surface area contributed by atoms with Crippen molar-refractivity contribution in [3.63, 3.8) is 0 Å². The molecule has 0 amide bonds. The third-order valence-electron chi connectivity index (χ3n) is 6.58. The van der Waals surface area contributed by atoms with Crippen molar-refractivity contribution in [3.8, 4) is 0 Å². The Hall–Kier alpha value is -2.19.